The zero-order chi connectivity index (χ0) is 26.5. The monoisotopic (exact) mass is 512 g/mol. The molecule has 4 aromatic carbocycles. The molecule has 40 heavy (non-hydrogen) atoms. The van der Waals surface area contributed by atoms with Crippen molar-refractivity contribution in [3.8, 4) is 39.1 Å². The van der Waals surface area contributed by atoms with Gasteiger partial charge in [0.1, 0.15) is 5.82 Å². The van der Waals surface area contributed by atoms with Gasteiger partial charge in [-0.1, -0.05) is 60.7 Å². The van der Waals surface area contributed by atoms with E-state index < -0.39 is 0 Å². The Hall–Kier alpha value is -5.48. The number of fused-ring (bicyclic) bond motifs is 6. The SMILES string of the molecule is c1ccc(-n2ccc3cc4c(cc32)N(c2cc(-c3ccncc3)ccn2)c2ccccc2-c2ccccc2-4)cc1. The molecule has 188 valence electrons. The van der Waals surface area contributed by atoms with Crippen molar-refractivity contribution in [3.63, 3.8) is 0 Å². The van der Waals surface area contributed by atoms with Gasteiger partial charge in [-0.2, -0.15) is 0 Å². The minimum absolute atomic E-state index is 0.869. The predicted molar refractivity (Wildman–Crippen MR) is 163 cm³/mol. The summed E-state index contributed by atoms with van der Waals surface area (Å²) < 4.78 is 2.26. The largest absolute Gasteiger partial charge is 0.316 e. The number of nitrogens with zero attached hydrogens (tertiary/aromatic N) is 4. The van der Waals surface area contributed by atoms with Crippen LogP contribution in [0.3, 0.4) is 0 Å². The van der Waals surface area contributed by atoms with Gasteiger partial charge in [0.2, 0.25) is 0 Å². The second kappa shape index (κ2) is 9.07. The van der Waals surface area contributed by atoms with Crippen molar-refractivity contribution < 1.29 is 0 Å². The van der Waals surface area contributed by atoms with E-state index in [2.05, 4.69) is 130 Å². The molecule has 8 rings (SSSR count). The molecule has 0 fully saturated rings. The third kappa shape index (κ3) is 3.54. The summed E-state index contributed by atoms with van der Waals surface area (Å²) in [5.41, 5.74) is 11.5. The maximum absolute atomic E-state index is 4.94. The summed E-state index contributed by atoms with van der Waals surface area (Å²) in [4.78, 5) is 11.5. The van der Waals surface area contributed by atoms with Crippen molar-refractivity contribution in [3.05, 3.63) is 146 Å². The van der Waals surface area contributed by atoms with Crippen LogP contribution in [0.15, 0.2) is 146 Å². The molecule has 0 bridgehead atoms. The van der Waals surface area contributed by atoms with Crippen molar-refractivity contribution in [1.29, 1.82) is 0 Å². The zero-order valence-corrected chi connectivity index (χ0v) is 21.6. The first-order valence-electron chi connectivity index (χ1n) is 13.4. The van der Waals surface area contributed by atoms with Gasteiger partial charge in [0.05, 0.1) is 16.9 Å². The fourth-order valence-corrected chi connectivity index (χ4v) is 5.88. The average molecular weight is 513 g/mol. The maximum Gasteiger partial charge on any atom is 0.138 e. The third-order valence-electron chi connectivity index (χ3n) is 7.72. The molecule has 4 heterocycles. The van der Waals surface area contributed by atoms with Gasteiger partial charge in [0, 0.05) is 47.0 Å². The summed E-state index contributed by atoms with van der Waals surface area (Å²) >= 11 is 0. The molecule has 3 aromatic heterocycles. The highest BCUT2D eigenvalue weighted by Crippen LogP contribution is 2.51. The van der Waals surface area contributed by atoms with Crippen LogP contribution in [0.5, 0.6) is 0 Å². The van der Waals surface area contributed by atoms with Crippen LogP contribution in [0, 0.1) is 0 Å². The smallest absolute Gasteiger partial charge is 0.138 e. The summed E-state index contributed by atoms with van der Waals surface area (Å²) in [5.74, 6) is 0.869. The first-order valence-corrected chi connectivity index (χ1v) is 13.4. The van der Waals surface area contributed by atoms with Gasteiger partial charge in [0.15, 0.2) is 0 Å². The molecule has 0 atom stereocenters. The zero-order valence-electron chi connectivity index (χ0n) is 21.6. The van der Waals surface area contributed by atoms with E-state index in [1.807, 2.05) is 30.7 Å². The van der Waals surface area contributed by atoms with E-state index in [0.717, 1.165) is 39.5 Å². The molecular formula is C36H24N4. The Balaban J connectivity index is 1.45. The van der Waals surface area contributed by atoms with Crippen LogP contribution in [0.2, 0.25) is 0 Å². The van der Waals surface area contributed by atoms with E-state index in [-0.39, 0.29) is 0 Å². The molecule has 1 aliphatic heterocycles. The number of hydrogen-bond donors (Lipinski definition) is 0. The molecule has 0 amide bonds. The maximum atomic E-state index is 4.94. The lowest BCUT2D eigenvalue weighted by Crippen LogP contribution is -2.12. The molecular weight excluding hydrogens is 488 g/mol. The van der Waals surface area contributed by atoms with Gasteiger partial charge >= 0.3 is 0 Å². The average Bonchev–Trinajstić information content (AvgIpc) is 3.40. The van der Waals surface area contributed by atoms with Crippen LogP contribution in [0.4, 0.5) is 17.2 Å². The normalized spacial score (nSPS) is 11.9. The van der Waals surface area contributed by atoms with E-state index in [9.17, 15) is 0 Å². The number of hydrogen-bond acceptors (Lipinski definition) is 3. The predicted octanol–water partition coefficient (Wildman–Crippen LogP) is 9.20. The van der Waals surface area contributed by atoms with Crippen molar-refractivity contribution in [2.24, 2.45) is 0 Å². The molecule has 1 aliphatic rings. The van der Waals surface area contributed by atoms with Gasteiger partial charge in [0.25, 0.3) is 0 Å². The van der Waals surface area contributed by atoms with E-state index >= 15 is 0 Å². The number of benzene rings is 4. The number of aromatic nitrogens is 3. The topological polar surface area (TPSA) is 34.0 Å². The van der Waals surface area contributed by atoms with Gasteiger partial charge < -0.3 is 4.57 Å². The standard InChI is InChI=1S/C36H24N4/c1-2-8-28(9-3-1)39-21-17-27-22-32-30-11-5-4-10-29(30)31-12-6-7-13-33(31)40(35(32)24-34(27)39)36-23-26(16-20-38-36)25-14-18-37-19-15-25/h1-24H. The van der Waals surface area contributed by atoms with Gasteiger partial charge in [-0.15, -0.1) is 0 Å². The highest BCUT2D eigenvalue weighted by atomic mass is 15.2. The lowest BCUT2D eigenvalue weighted by Gasteiger charge is -2.27. The van der Waals surface area contributed by atoms with E-state index in [1.54, 1.807) is 0 Å². The number of rotatable bonds is 3. The highest BCUT2D eigenvalue weighted by Gasteiger charge is 2.27. The molecule has 0 saturated heterocycles. The third-order valence-corrected chi connectivity index (χ3v) is 7.72. The van der Waals surface area contributed by atoms with Crippen LogP contribution >= 0.6 is 0 Å². The second-order valence-electron chi connectivity index (χ2n) is 9.99. The molecule has 4 heteroatoms. The Labute approximate surface area is 232 Å². The minimum atomic E-state index is 0.869. The van der Waals surface area contributed by atoms with Crippen molar-refractivity contribution in [1.82, 2.24) is 14.5 Å². The van der Waals surface area contributed by atoms with Crippen LogP contribution in [0.25, 0.3) is 50.0 Å². The lowest BCUT2D eigenvalue weighted by molar-refractivity contribution is 1.12. The molecule has 0 saturated carbocycles. The molecule has 0 unspecified atom stereocenters. The molecule has 4 nitrogen and oxygen atoms in total. The minimum Gasteiger partial charge on any atom is -0.316 e. The van der Waals surface area contributed by atoms with E-state index in [0.29, 0.717) is 0 Å². The van der Waals surface area contributed by atoms with Crippen molar-refractivity contribution in [2.75, 3.05) is 4.90 Å². The summed E-state index contributed by atoms with van der Waals surface area (Å²) in [5, 5.41) is 1.20. The molecule has 0 spiro atoms. The summed E-state index contributed by atoms with van der Waals surface area (Å²) in [6.07, 6.45) is 7.72. The van der Waals surface area contributed by atoms with Crippen LogP contribution in [0.1, 0.15) is 0 Å². The van der Waals surface area contributed by atoms with E-state index in [1.165, 1.54) is 27.6 Å². The van der Waals surface area contributed by atoms with E-state index in [4.69, 9.17) is 4.98 Å². The summed E-state index contributed by atoms with van der Waals surface area (Å²) in [6, 6.07) is 43.0. The summed E-state index contributed by atoms with van der Waals surface area (Å²) in [6.45, 7) is 0. The lowest BCUT2D eigenvalue weighted by atomic mass is 9.94. The van der Waals surface area contributed by atoms with Crippen LogP contribution < -0.4 is 4.90 Å². The quantitative estimate of drug-likeness (QED) is 0.237. The van der Waals surface area contributed by atoms with Crippen molar-refractivity contribution >= 4 is 28.1 Å². The fourth-order valence-electron chi connectivity index (χ4n) is 5.88. The second-order valence-corrected chi connectivity index (χ2v) is 9.99. The number of para-hydroxylation sites is 2. The Morgan fingerprint density at radius 2 is 1.20 bits per heavy atom. The van der Waals surface area contributed by atoms with Crippen molar-refractivity contribution in [2.45, 2.75) is 0 Å². The van der Waals surface area contributed by atoms with Gasteiger partial charge in [-0.25, -0.2) is 4.98 Å². The first kappa shape index (κ1) is 22.5. The van der Waals surface area contributed by atoms with Crippen LogP contribution in [-0.2, 0) is 0 Å². The van der Waals surface area contributed by atoms with Crippen LogP contribution in [-0.4, -0.2) is 14.5 Å². The molecule has 7 aromatic rings. The molecule has 0 radical (unpaired) electrons. The Bertz CT molecular complexity index is 2010. The Morgan fingerprint density at radius 1 is 0.500 bits per heavy atom. The Kier molecular flexibility index (Phi) is 5.10. The fraction of sp³-hybridized carbons (Fsp3) is 0. The Morgan fingerprint density at radius 3 is 2.02 bits per heavy atom. The number of pyridine rings is 2. The first-order chi connectivity index (χ1) is 19.8. The number of anilines is 3. The molecule has 0 N–H and O–H groups in total. The highest BCUT2D eigenvalue weighted by molar-refractivity contribution is 6.06. The van der Waals surface area contributed by atoms with Gasteiger partial charge in [-0.05, 0) is 82.9 Å². The van der Waals surface area contributed by atoms with Gasteiger partial charge in [-0.3, -0.25) is 9.88 Å². The summed E-state index contributed by atoms with van der Waals surface area (Å²) in [7, 11) is 0. The molecule has 0 aliphatic carbocycles.